The molecule has 0 saturated heterocycles. The Balaban J connectivity index is 1.85. The van der Waals surface area contributed by atoms with Crippen LogP contribution in [0.2, 0.25) is 0 Å². The first-order valence-corrected chi connectivity index (χ1v) is 9.75. The van der Waals surface area contributed by atoms with Crippen molar-refractivity contribution in [1.82, 2.24) is 20.2 Å². The van der Waals surface area contributed by atoms with Gasteiger partial charge in [-0.3, -0.25) is 9.89 Å². The molecule has 0 fully saturated rings. The fourth-order valence-electron chi connectivity index (χ4n) is 2.61. The van der Waals surface area contributed by atoms with Crippen LogP contribution in [0.1, 0.15) is 17.0 Å². The molecule has 0 aliphatic carbocycles. The topological polar surface area (TPSA) is 122 Å². The maximum Gasteiger partial charge on any atom is 0.244 e. The largest absolute Gasteiger partial charge is 0.493 e. The van der Waals surface area contributed by atoms with Gasteiger partial charge in [0.15, 0.2) is 11.5 Å². The third-order valence-electron chi connectivity index (χ3n) is 3.94. The Labute approximate surface area is 158 Å². The van der Waals surface area contributed by atoms with Crippen LogP contribution in [0.4, 0.5) is 0 Å². The highest BCUT2D eigenvalue weighted by Gasteiger charge is 2.22. The Bertz CT molecular complexity index is 889. The van der Waals surface area contributed by atoms with Crippen LogP contribution in [0.15, 0.2) is 23.1 Å². The average Bonchev–Trinajstić information content (AvgIpc) is 2.99. The fraction of sp³-hybridized carbons (Fsp3) is 0.412. The molecule has 0 aliphatic heterocycles. The van der Waals surface area contributed by atoms with Gasteiger partial charge in [-0.2, -0.15) is 5.10 Å². The zero-order valence-electron chi connectivity index (χ0n) is 15.8. The standard InChI is InChI=1S/C17H24N4O5S/c1-11-17(12(2)21-20-11)27(23,24)19-10-16(22)18-8-7-13-5-6-14(25-3)15(9-13)26-4/h5-6,9,19H,7-8,10H2,1-4H3,(H,18,22)(H,20,21). The second kappa shape index (κ2) is 8.87. The summed E-state index contributed by atoms with van der Waals surface area (Å²) >= 11 is 0. The third kappa shape index (κ3) is 5.20. The number of hydrogen-bond acceptors (Lipinski definition) is 6. The molecule has 0 unspecified atom stereocenters. The van der Waals surface area contributed by atoms with E-state index >= 15 is 0 Å². The molecule has 148 valence electrons. The molecule has 0 aliphatic rings. The summed E-state index contributed by atoms with van der Waals surface area (Å²) in [6.07, 6.45) is 0.568. The second-order valence-corrected chi connectivity index (χ2v) is 7.58. The molecule has 1 aromatic heterocycles. The number of carbonyl (C=O) groups excluding carboxylic acids is 1. The smallest absolute Gasteiger partial charge is 0.244 e. The van der Waals surface area contributed by atoms with E-state index in [0.29, 0.717) is 35.9 Å². The SMILES string of the molecule is COc1ccc(CCNC(=O)CNS(=O)(=O)c2c(C)n[nH]c2C)cc1OC. The van der Waals surface area contributed by atoms with Crippen LogP contribution in [0, 0.1) is 13.8 Å². The molecule has 27 heavy (non-hydrogen) atoms. The molecule has 2 aromatic rings. The van der Waals surface area contributed by atoms with Gasteiger partial charge in [-0.25, -0.2) is 13.1 Å². The molecule has 1 heterocycles. The molecule has 0 atom stereocenters. The van der Waals surface area contributed by atoms with E-state index in [-0.39, 0.29) is 11.4 Å². The van der Waals surface area contributed by atoms with Crippen molar-refractivity contribution in [3.8, 4) is 11.5 Å². The summed E-state index contributed by atoms with van der Waals surface area (Å²) in [6.45, 7) is 3.21. The highest BCUT2D eigenvalue weighted by atomic mass is 32.2. The Kier molecular flexibility index (Phi) is 6.81. The summed E-state index contributed by atoms with van der Waals surface area (Å²) < 4.78 is 37.3. The fourth-order valence-corrected chi connectivity index (χ4v) is 3.96. The van der Waals surface area contributed by atoms with Crippen molar-refractivity contribution in [1.29, 1.82) is 0 Å². The number of amides is 1. The van der Waals surface area contributed by atoms with Crippen LogP contribution >= 0.6 is 0 Å². The van der Waals surface area contributed by atoms with Gasteiger partial charge < -0.3 is 14.8 Å². The Morgan fingerprint density at radius 3 is 2.48 bits per heavy atom. The summed E-state index contributed by atoms with van der Waals surface area (Å²) in [5.74, 6) is 0.822. The van der Waals surface area contributed by atoms with E-state index in [1.54, 1.807) is 34.1 Å². The van der Waals surface area contributed by atoms with Crippen LogP contribution in [-0.4, -0.2) is 51.8 Å². The number of aromatic amines is 1. The number of rotatable bonds is 9. The molecule has 1 amide bonds. The number of aryl methyl sites for hydroxylation is 2. The number of methoxy groups -OCH3 is 2. The zero-order valence-corrected chi connectivity index (χ0v) is 16.6. The lowest BCUT2D eigenvalue weighted by Gasteiger charge is -2.10. The van der Waals surface area contributed by atoms with Crippen LogP contribution in [0.25, 0.3) is 0 Å². The maximum absolute atomic E-state index is 12.3. The predicted octanol–water partition coefficient (Wildman–Crippen LogP) is 0.681. The van der Waals surface area contributed by atoms with Gasteiger partial charge in [0.1, 0.15) is 4.90 Å². The van der Waals surface area contributed by atoms with Gasteiger partial charge in [0.2, 0.25) is 15.9 Å². The van der Waals surface area contributed by atoms with Gasteiger partial charge in [-0.1, -0.05) is 6.07 Å². The van der Waals surface area contributed by atoms with Gasteiger partial charge in [-0.05, 0) is 38.0 Å². The normalized spacial score (nSPS) is 11.3. The number of hydrogen-bond donors (Lipinski definition) is 3. The number of benzene rings is 1. The predicted molar refractivity (Wildman–Crippen MR) is 99.5 cm³/mol. The minimum Gasteiger partial charge on any atom is -0.493 e. The number of carbonyl (C=O) groups is 1. The maximum atomic E-state index is 12.3. The quantitative estimate of drug-likeness (QED) is 0.573. The number of ether oxygens (including phenoxy) is 2. The number of nitrogens with one attached hydrogen (secondary N) is 3. The molecule has 10 heteroatoms. The number of nitrogens with zero attached hydrogens (tertiary/aromatic N) is 1. The summed E-state index contributed by atoms with van der Waals surface area (Å²) in [6, 6.07) is 5.50. The van der Waals surface area contributed by atoms with Crippen molar-refractivity contribution >= 4 is 15.9 Å². The van der Waals surface area contributed by atoms with E-state index in [0.717, 1.165) is 5.56 Å². The second-order valence-electron chi connectivity index (χ2n) is 5.88. The van der Waals surface area contributed by atoms with E-state index in [1.807, 2.05) is 12.1 Å². The minimum atomic E-state index is -3.80. The van der Waals surface area contributed by atoms with Crippen molar-refractivity contribution < 1.29 is 22.7 Å². The molecule has 2 rings (SSSR count). The first kappa shape index (κ1) is 20.7. The van der Waals surface area contributed by atoms with E-state index in [1.165, 1.54) is 0 Å². The molecule has 0 saturated carbocycles. The van der Waals surface area contributed by atoms with E-state index < -0.39 is 15.9 Å². The van der Waals surface area contributed by atoms with Gasteiger partial charge in [0, 0.05) is 6.54 Å². The summed E-state index contributed by atoms with van der Waals surface area (Å²) in [4.78, 5) is 12.0. The summed E-state index contributed by atoms with van der Waals surface area (Å²) in [5, 5.41) is 9.15. The first-order valence-electron chi connectivity index (χ1n) is 8.27. The van der Waals surface area contributed by atoms with Crippen molar-refractivity contribution in [3.63, 3.8) is 0 Å². The van der Waals surface area contributed by atoms with Gasteiger partial charge in [-0.15, -0.1) is 0 Å². The van der Waals surface area contributed by atoms with Crippen molar-refractivity contribution in [2.75, 3.05) is 27.3 Å². The summed E-state index contributed by atoms with van der Waals surface area (Å²) in [5.41, 5.74) is 1.74. The lowest BCUT2D eigenvalue weighted by Crippen LogP contribution is -2.37. The highest BCUT2D eigenvalue weighted by Crippen LogP contribution is 2.27. The minimum absolute atomic E-state index is 0.0700. The van der Waals surface area contributed by atoms with Crippen LogP contribution in [0.5, 0.6) is 11.5 Å². The van der Waals surface area contributed by atoms with Gasteiger partial charge in [0.25, 0.3) is 0 Å². The lowest BCUT2D eigenvalue weighted by atomic mass is 10.1. The molecule has 9 nitrogen and oxygen atoms in total. The van der Waals surface area contributed by atoms with Crippen LogP contribution < -0.4 is 19.5 Å². The molecule has 0 bridgehead atoms. The molecule has 0 radical (unpaired) electrons. The molecule has 3 N–H and O–H groups in total. The van der Waals surface area contributed by atoms with Gasteiger partial charge in [0.05, 0.1) is 32.2 Å². The van der Waals surface area contributed by atoms with Crippen LogP contribution in [0.3, 0.4) is 0 Å². The number of H-pyrrole nitrogens is 1. The average molecular weight is 396 g/mol. The number of aromatic nitrogens is 2. The number of sulfonamides is 1. The molecule has 0 spiro atoms. The highest BCUT2D eigenvalue weighted by molar-refractivity contribution is 7.89. The van der Waals surface area contributed by atoms with Crippen LogP contribution in [-0.2, 0) is 21.2 Å². The Morgan fingerprint density at radius 1 is 1.19 bits per heavy atom. The molecular weight excluding hydrogens is 372 g/mol. The Hall–Kier alpha value is -2.59. The monoisotopic (exact) mass is 396 g/mol. The Morgan fingerprint density at radius 2 is 1.89 bits per heavy atom. The van der Waals surface area contributed by atoms with Crippen molar-refractivity contribution in [3.05, 3.63) is 35.2 Å². The van der Waals surface area contributed by atoms with E-state index in [9.17, 15) is 13.2 Å². The first-order chi connectivity index (χ1) is 12.8. The van der Waals surface area contributed by atoms with Gasteiger partial charge >= 0.3 is 0 Å². The third-order valence-corrected chi connectivity index (χ3v) is 5.60. The molecule has 1 aromatic carbocycles. The van der Waals surface area contributed by atoms with Crippen molar-refractivity contribution in [2.24, 2.45) is 0 Å². The lowest BCUT2D eigenvalue weighted by molar-refractivity contribution is -0.119. The van der Waals surface area contributed by atoms with E-state index in [2.05, 4.69) is 20.2 Å². The molecular formula is C17H24N4O5S. The van der Waals surface area contributed by atoms with E-state index in [4.69, 9.17) is 9.47 Å². The van der Waals surface area contributed by atoms with Crippen molar-refractivity contribution in [2.45, 2.75) is 25.2 Å². The summed E-state index contributed by atoms with van der Waals surface area (Å²) in [7, 11) is -0.687. The zero-order chi connectivity index (χ0) is 20.0.